The van der Waals surface area contributed by atoms with Gasteiger partial charge in [0.1, 0.15) is 11.6 Å². The van der Waals surface area contributed by atoms with Gasteiger partial charge < -0.3 is 9.72 Å². The molecule has 1 aliphatic rings. The molecule has 26 heavy (non-hydrogen) atoms. The molecule has 0 atom stereocenters. The Hall–Kier alpha value is -1.89. The second kappa shape index (κ2) is 7.78. The van der Waals surface area contributed by atoms with Gasteiger partial charge in [0.25, 0.3) is 0 Å². The van der Waals surface area contributed by atoms with E-state index in [1.54, 1.807) is 7.11 Å². The van der Waals surface area contributed by atoms with Crippen LogP contribution in [0.3, 0.4) is 0 Å². The van der Waals surface area contributed by atoms with Crippen molar-refractivity contribution in [1.82, 2.24) is 19.8 Å². The number of fused-ring (bicyclic) bond motifs is 1. The summed E-state index contributed by atoms with van der Waals surface area (Å²) in [6, 6.07) is 14.6. The molecule has 1 fully saturated rings. The van der Waals surface area contributed by atoms with Crippen LogP contribution in [0.25, 0.3) is 11.0 Å². The lowest BCUT2D eigenvalue weighted by molar-refractivity contribution is 0.120. The number of methoxy groups -OCH3 is 1. The van der Waals surface area contributed by atoms with Gasteiger partial charge in [-0.05, 0) is 29.8 Å². The number of piperazine rings is 1. The molecule has 6 heteroatoms. The van der Waals surface area contributed by atoms with Gasteiger partial charge in [0.15, 0.2) is 0 Å². The highest BCUT2D eigenvalue weighted by atomic mass is 79.9. The first kappa shape index (κ1) is 17.5. The third-order valence-corrected chi connectivity index (χ3v) is 5.42. The average molecular weight is 415 g/mol. The number of hydrogen-bond acceptors (Lipinski definition) is 4. The minimum absolute atomic E-state index is 0.856. The van der Waals surface area contributed by atoms with Gasteiger partial charge in [-0.2, -0.15) is 0 Å². The third kappa shape index (κ3) is 4.09. The summed E-state index contributed by atoms with van der Waals surface area (Å²) < 4.78 is 6.42. The van der Waals surface area contributed by atoms with E-state index in [-0.39, 0.29) is 0 Å². The Kier molecular flexibility index (Phi) is 5.24. The smallest absolute Gasteiger partial charge is 0.121 e. The van der Waals surface area contributed by atoms with Gasteiger partial charge in [-0.25, -0.2) is 4.98 Å². The maximum Gasteiger partial charge on any atom is 0.121 e. The van der Waals surface area contributed by atoms with Crippen LogP contribution in [-0.2, 0) is 13.1 Å². The van der Waals surface area contributed by atoms with Crippen molar-refractivity contribution >= 4 is 27.0 Å². The first-order valence-corrected chi connectivity index (χ1v) is 9.71. The van der Waals surface area contributed by atoms with Crippen LogP contribution in [0.15, 0.2) is 46.9 Å². The monoisotopic (exact) mass is 414 g/mol. The largest absolute Gasteiger partial charge is 0.497 e. The van der Waals surface area contributed by atoms with Crippen molar-refractivity contribution in [2.24, 2.45) is 0 Å². The van der Waals surface area contributed by atoms with E-state index in [4.69, 9.17) is 9.72 Å². The molecule has 0 aliphatic carbocycles. The number of imidazole rings is 1. The number of halogens is 1. The molecule has 0 saturated carbocycles. The quantitative estimate of drug-likeness (QED) is 0.691. The summed E-state index contributed by atoms with van der Waals surface area (Å²) in [5.41, 5.74) is 3.40. The summed E-state index contributed by atoms with van der Waals surface area (Å²) >= 11 is 3.49. The first-order valence-electron chi connectivity index (χ1n) is 8.91. The lowest BCUT2D eigenvalue weighted by atomic mass is 10.2. The van der Waals surface area contributed by atoms with Crippen molar-refractivity contribution in [3.05, 3.63) is 58.3 Å². The van der Waals surface area contributed by atoms with Crippen LogP contribution in [0.5, 0.6) is 5.75 Å². The molecule has 2 aromatic carbocycles. The standard InChI is InChI=1S/C20H23BrN4O/c1-26-17-6-7-18-19(12-17)23-20(22-18)14-25-10-8-24(9-11-25)13-15-2-4-16(21)5-3-15/h2-7,12H,8-11,13-14H2,1H3,(H,22,23). The van der Waals surface area contributed by atoms with Gasteiger partial charge >= 0.3 is 0 Å². The molecule has 1 N–H and O–H groups in total. The predicted octanol–water partition coefficient (Wildman–Crippen LogP) is 3.65. The van der Waals surface area contributed by atoms with E-state index in [1.165, 1.54) is 5.56 Å². The SMILES string of the molecule is COc1ccc2nc(CN3CCN(Cc4ccc(Br)cc4)CC3)[nH]c2c1. The number of ether oxygens (including phenoxy) is 1. The van der Waals surface area contributed by atoms with E-state index in [0.717, 1.165) is 66.3 Å². The molecule has 0 amide bonds. The van der Waals surface area contributed by atoms with Crippen LogP contribution in [0.4, 0.5) is 0 Å². The van der Waals surface area contributed by atoms with Crippen molar-refractivity contribution < 1.29 is 4.74 Å². The Morgan fingerprint density at radius 2 is 1.69 bits per heavy atom. The van der Waals surface area contributed by atoms with E-state index in [2.05, 4.69) is 55.0 Å². The Balaban J connectivity index is 1.32. The summed E-state index contributed by atoms with van der Waals surface area (Å²) in [6.45, 7) is 6.19. The van der Waals surface area contributed by atoms with Crippen molar-refractivity contribution in [2.45, 2.75) is 13.1 Å². The Bertz CT molecular complexity index is 869. The van der Waals surface area contributed by atoms with Gasteiger partial charge in [-0.3, -0.25) is 9.80 Å². The number of H-pyrrole nitrogens is 1. The van der Waals surface area contributed by atoms with E-state index in [9.17, 15) is 0 Å². The number of nitrogens with zero attached hydrogens (tertiary/aromatic N) is 3. The lowest BCUT2D eigenvalue weighted by Crippen LogP contribution is -2.45. The number of rotatable bonds is 5. The van der Waals surface area contributed by atoms with Gasteiger partial charge in [0.05, 0.1) is 24.7 Å². The Labute approximate surface area is 162 Å². The number of benzene rings is 2. The second-order valence-electron chi connectivity index (χ2n) is 6.75. The highest BCUT2D eigenvalue weighted by Crippen LogP contribution is 2.20. The molecule has 0 radical (unpaired) electrons. The molecule has 1 aliphatic heterocycles. The maximum absolute atomic E-state index is 5.28. The molecule has 1 aromatic heterocycles. The molecule has 3 aromatic rings. The van der Waals surface area contributed by atoms with E-state index >= 15 is 0 Å². The fourth-order valence-corrected chi connectivity index (χ4v) is 3.67. The maximum atomic E-state index is 5.28. The van der Waals surface area contributed by atoms with Crippen LogP contribution in [-0.4, -0.2) is 53.1 Å². The summed E-state index contributed by atoms with van der Waals surface area (Å²) in [5.74, 6) is 1.88. The van der Waals surface area contributed by atoms with Gasteiger partial charge in [-0.15, -0.1) is 0 Å². The summed E-state index contributed by atoms with van der Waals surface area (Å²) in [4.78, 5) is 13.1. The first-order chi connectivity index (χ1) is 12.7. The summed E-state index contributed by atoms with van der Waals surface area (Å²) in [5, 5.41) is 0. The van der Waals surface area contributed by atoms with Crippen LogP contribution in [0.1, 0.15) is 11.4 Å². The van der Waals surface area contributed by atoms with E-state index < -0.39 is 0 Å². The second-order valence-corrected chi connectivity index (χ2v) is 7.66. The zero-order chi connectivity index (χ0) is 17.9. The normalized spacial score (nSPS) is 16.2. The molecular weight excluding hydrogens is 392 g/mol. The van der Waals surface area contributed by atoms with E-state index in [1.807, 2.05) is 18.2 Å². The number of aromatic nitrogens is 2. The molecular formula is C20H23BrN4O. The van der Waals surface area contributed by atoms with Crippen LogP contribution >= 0.6 is 15.9 Å². The summed E-state index contributed by atoms with van der Waals surface area (Å²) in [7, 11) is 1.69. The van der Waals surface area contributed by atoms with Gasteiger partial charge in [0.2, 0.25) is 0 Å². The molecule has 2 heterocycles. The van der Waals surface area contributed by atoms with Crippen molar-refractivity contribution in [3.63, 3.8) is 0 Å². The van der Waals surface area contributed by atoms with Crippen molar-refractivity contribution in [2.75, 3.05) is 33.3 Å². The highest BCUT2D eigenvalue weighted by Gasteiger charge is 2.18. The lowest BCUT2D eigenvalue weighted by Gasteiger charge is -2.34. The minimum atomic E-state index is 0.856. The van der Waals surface area contributed by atoms with Gasteiger partial charge in [-0.1, -0.05) is 28.1 Å². The van der Waals surface area contributed by atoms with Crippen LogP contribution in [0.2, 0.25) is 0 Å². The predicted molar refractivity (Wildman–Crippen MR) is 107 cm³/mol. The molecule has 5 nitrogen and oxygen atoms in total. The molecule has 0 unspecified atom stereocenters. The molecule has 0 bridgehead atoms. The Morgan fingerprint density at radius 1 is 1.00 bits per heavy atom. The zero-order valence-electron chi connectivity index (χ0n) is 14.9. The highest BCUT2D eigenvalue weighted by molar-refractivity contribution is 9.10. The van der Waals surface area contributed by atoms with Crippen molar-refractivity contribution in [1.29, 1.82) is 0 Å². The van der Waals surface area contributed by atoms with Gasteiger partial charge in [0, 0.05) is 43.3 Å². The molecule has 1 saturated heterocycles. The topological polar surface area (TPSA) is 44.4 Å². The number of hydrogen-bond donors (Lipinski definition) is 1. The molecule has 136 valence electrons. The number of nitrogens with one attached hydrogen (secondary N) is 1. The van der Waals surface area contributed by atoms with E-state index in [0.29, 0.717) is 0 Å². The van der Waals surface area contributed by atoms with Crippen LogP contribution < -0.4 is 4.74 Å². The number of aromatic amines is 1. The molecule has 0 spiro atoms. The third-order valence-electron chi connectivity index (χ3n) is 4.90. The average Bonchev–Trinajstić information content (AvgIpc) is 3.06. The van der Waals surface area contributed by atoms with Crippen LogP contribution in [0, 0.1) is 0 Å². The minimum Gasteiger partial charge on any atom is -0.497 e. The van der Waals surface area contributed by atoms with Crippen molar-refractivity contribution in [3.8, 4) is 5.75 Å². The fraction of sp³-hybridized carbons (Fsp3) is 0.350. The zero-order valence-corrected chi connectivity index (χ0v) is 16.5. The fourth-order valence-electron chi connectivity index (χ4n) is 3.41. The Morgan fingerprint density at radius 3 is 2.38 bits per heavy atom. The molecule has 4 rings (SSSR count). The summed E-state index contributed by atoms with van der Waals surface area (Å²) in [6.07, 6.45) is 0.